The van der Waals surface area contributed by atoms with Gasteiger partial charge in [0.2, 0.25) is 0 Å². The Morgan fingerprint density at radius 3 is 3.09 bits per heavy atom. The van der Waals surface area contributed by atoms with Gasteiger partial charge >= 0.3 is 0 Å². The number of hydrogen-bond acceptors (Lipinski definition) is 5. The lowest BCUT2D eigenvalue weighted by Gasteiger charge is -2.24. The summed E-state index contributed by atoms with van der Waals surface area (Å²) in [4.78, 5) is 11.9. The van der Waals surface area contributed by atoms with Crippen LogP contribution in [-0.4, -0.2) is 45.7 Å². The Morgan fingerprint density at radius 2 is 2.32 bits per heavy atom. The molecule has 6 nitrogen and oxygen atoms in total. The van der Waals surface area contributed by atoms with E-state index >= 15 is 0 Å². The molecule has 1 aromatic heterocycles. The van der Waals surface area contributed by atoms with Crippen molar-refractivity contribution < 1.29 is 14.3 Å². The highest BCUT2D eigenvalue weighted by molar-refractivity contribution is 6.17. The average molecular weight is 328 g/mol. The van der Waals surface area contributed by atoms with Crippen LogP contribution in [0.15, 0.2) is 18.3 Å². The predicted molar refractivity (Wildman–Crippen MR) is 82.7 cm³/mol. The first-order valence-corrected chi connectivity index (χ1v) is 8.20. The Hall–Kier alpha value is -1.24. The van der Waals surface area contributed by atoms with Gasteiger partial charge < -0.3 is 9.47 Å². The number of aromatic nitrogens is 3. The number of hydrogen-bond donors (Lipinski definition) is 0. The molecule has 0 radical (unpaired) electrons. The van der Waals surface area contributed by atoms with Crippen LogP contribution in [0.4, 0.5) is 0 Å². The molecule has 0 N–H and O–H groups in total. The van der Waals surface area contributed by atoms with Crippen LogP contribution in [0.3, 0.4) is 0 Å². The molecule has 122 valence electrons. The second-order valence-electron chi connectivity index (χ2n) is 5.20. The third-order valence-electron chi connectivity index (χ3n) is 3.32. The van der Waals surface area contributed by atoms with E-state index in [1.165, 1.54) is 6.08 Å². The standard InChI is InChI=1S/C15H22ClN3O3/c1-2-3-9-21-15-7-6-13(20)14(22-15)11-19-10-12(17-18-19)5-4-8-16/h6-7,10,14-15H,2-5,8-9,11H2,1H3/t14-,15+/m1/s1. The topological polar surface area (TPSA) is 66.2 Å². The van der Waals surface area contributed by atoms with Crippen molar-refractivity contribution in [3.63, 3.8) is 0 Å². The first-order chi connectivity index (χ1) is 10.7. The molecule has 1 aromatic rings. The zero-order valence-electron chi connectivity index (χ0n) is 12.8. The smallest absolute Gasteiger partial charge is 0.186 e. The van der Waals surface area contributed by atoms with Crippen molar-refractivity contribution in [2.45, 2.75) is 51.5 Å². The molecule has 1 aliphatic rings. The van der Waals surface area contributed by atoms with Crippen LogP contribution >= 0.6 is 11.6 Å². The van der Waals surface area contributed by atoms with Gasteiger partial charge in [-0.25, -0.2) is 4.68 Å². The van der Waals surface area contributed by atoms with E-state index in [4.69, 9.17) is 21.1 Å². The highest BCUT2D eigenvalue weighted by Crippen LogP contribution is 2.13. The van der Waals surface area contributed by atoms with E-state index in [1.807, 2.05) is 6.20 Å². The fourth-order valence-electron chi connectivity index (χ4n) is 2.09. The molecule has 0 spiro atoms. The van der Waals surface area contributed by atoms with Crippen molar-refractivity contribution in [2.75, 3.05) is 12.5 Å². The van der Waals surface area contributed by atoms with Crippen molar-refractivity contribution in [2.24, 2.45) is 0 Å². The number of carbonyl (C=O) groups excluding carboxylic acids is 1. The van der Waals surface area contributed by atoms with Gasteiger partial charge in [0.1, 0.15) is 6.10 Å². The van der Waals surface area contributed by atoms with Crippen molar-refractivity contribution in [3.05, 3.63) is 24.0 Å². The van der Waals surface area contributed by atoms with Crippen molar-refractivity contribution in [1.82, 2.24) is 15.0 Å². The number of ketones is 1. The molecule has 0 aromatic carbocycles. The summed E-state index contributed by atoms with van der Waals surface area (Å²) in [5.74, 6) is 0.520. The molecule has 2 rings (SSSR count). The fourth-order valence-corrected chi connectivity index (χ4v) is 2.22. The van der Waals surface area contributed by atoms with Gasteiger partial charge in [0.15, 0.2) is 12.1 Å². The minimum Gasteiger partial charge on any atom is -0.349 e. The molecular formula is C15H22ClN3O3. The predicted octanol–water partition coefficient (Wildman–Crippen LogP) is 2.12. The van der Waals surface area contributed by atoms with Gasteiger partial charge in [-0.1, -0.05) is 18.6 Å². The van der Waals surface area contributed by atoms with E-state index in [-0.39, 0.29) is 5.78 Å². The largest absolute Gasteiger partial charge is 0.349 e. The van der Waals surface area contributed by atoms with E-state index in [9.17, 15) is 4.79 Å². The minimum absolute atomic E-state index is 0.0758. The van der Waals surface area contributed by atoms with Gasteiger partial charge in [-0.05, 0) is 31.4 Å². The van der Waals surface area contributed by atoms with Crippen molar-refractivity contribution in [3.8, 4) is 0 Å². The number of alkyl halides is 1. The highest BCUT2D eigenvalue weighted by Gasteiger charge is 2.26. The molecule has 1 aliphatic heterocycles. The number of ether oxygens (including phenoxy) is 2. The molecule has 2 atom stereocenters. The third-order valence-corrected chi connectivity index (χ3v) is 3.59. The Labute approximate surface area is 135 Å². The first kappa shape index (κ1) is 17.1. The summed E-state index contributed by atoms with van der Waals surface area (Å²) in [5, 5.41) is 8.09. The lowest BCUT2D eigenvalue weighted by molar-refractivity contribution is -0.165. The summed E-state index contributed by atoms with van der Waals surface area (Å²) in [6.07, 6.45) is 7.63. The second-order valence-corrected chi connectivity index (χ2v) is 5.58. The highest BCUT2D eigenvalue weighted by atomic mass is 35.5. The summed E-state index contributed by atoms with van der Waals surface area (Å²) in [5.41, 5.74) is 0.871. The van der Waals surface area contributed by atoms with Gasteiger partial charge in [-0.2, -0.15) is 0 Å². The number of aryl methyl sites for hydroxylation is 1. The zero-order valence-corrected chi connectivity index (χ0v) is 13.5. The van der Waals surface area contributed by atoms with Crippen LogP contribution in [0.5, 0.6) is 0 Å². The monoisotopic (exact) mass is 327 g/mol. The quantitative estimate of drug-likeness (QED) is 0.513. The minimum atomic E-state index is -0.584. The van der Waals surface area contributed by atoms with Crippen molar-refractivity contribution >= 4 is 17.4 Å². The summed E-state index contributed by atoms with van der Waals surface area (Å²) < 4.78 is 12.9. The van der Waals surface area contributed by atoms with E-state index in [1.54, 1.807) is 10.8 Å². The first-order valence-electron chi connectivity index (χ1n) is 7.67. The number of unbranched alkanes of at least 4 members (excludes halogenated alkanes) is 1. The maximum absolute atomic E-state index is 11.9. The lowest BCUT2D eigenvalue weighted by atomic mass is 10.1. The molecule has 7 heteroatoms. The van der Waals surface area contributed by atoms with Crippen LogP contribution in [0.25, 0.3) is 0 Å². The van der Waals surface area contributed by atoms with Gasteiger partial charge in [0.25, 0.3) is 0 Å². The third kappa shape index (κ3) is 5.19. The van der Waals surface area contributed by atoms with E-state index in [2.05, 4.69) is 17.2 Å². The Bertz CT molecular complexity index is 504. The van der Waals surface area contributed by atoms with E-state index in [0.29, 0.717) is 19.0 Å². The lowest BCUT2D eigenvalue weighted by Crippen LogP contribution is -2.36. The van der Waals surface area contributed by atoms with Gasteiger partial charge in [-0.15, -0.1) is 16.7 Å². The van der Waals surface area contributed by atoms with Crippen molar-refractivity contribution in [1.29, 1.82) is 0 Å². The van der Waals surface area contributed by atoms with Crippen LogP contribution < -0.4 is 0 Å². The van der Waals surface area contributed by atoms with Crippen LogP contribution in [0.2, 0.25) is 0 Å². The molecule has 0 fully saturated rings. The molecule has 0 unspecified atom stereocenters. The maximum Gasteiger partial charge on any atom is 0.186 e. The van der Waals surface area contributed by atoms with Gasteiger partial charge in [-0.3, -0.25) is 4.79 Å². The summed E-state index contributed by atoms with van der Waals surface area (Å²) in [7, 11) is 0. The molecule has 0 saturated heterocycles. The van der Waals surface area contributed by atoms with E-state index in [0.717, 1.165) is 31.4 Å². The Morgan fingerprint density at radius 1 is 1.45 bits per heavy atom. The van der Waals surface area contributed by atoms with Crippen LogP contribution in [0, 0.1) is 0 Å². The molecule has 2 heterocycles. The maximum atomic E-state index is 11.9. The molecule has 22 heavy (non-hydrogen) atoms. The molecule has 0 bridgehead atoms. The zero-order chi connectivity index (χ0) is 15.8. The van der Waals surface area contributed by atoms with Gasteiger partial charge in [0, 0.05) is 12.1 Å². The van der Waals surface area contributed by atoms with Gasteiger partial charge in [0.05, 0.1) is 18.8 Å². The van der Waals surface area contributed by atoms with E-state index < -0.39 is 12.4 Å². The fraction of sp³-hybridized carbons (Fsp3) is 0.667. The van der Waals surface area contributed by atoms with Crippen LogP contribution in [-0.2, 0) is 27.2 Å². The molecular weight excluding hydrogens is 306 g/mol. The summed E-state index contributed by atoms with van der Waals surface area (Å²) in [6.45, 7) is 3.06. The Balaban J connectivity index is 1.86. The summed E-state index contributed by atoms with van der Waals surface area (Å²) >= 11 is 5.66. The molecule has 0 amide bonds. The normalized spacial score (nSPS) is 21.5. The Kier molecular flexibility index (Phi) is 7.02. The number of nitrogens with zero attached hydrogens (tertiary/aromatic N) is 3. The number of rotatable bonds is 9. The second kappa shape index (κ2) is 9.02. The molecule has 0 aliphatic carbocycles. The SMILES string of the molecule is CCCCO[C@@H]1C=CC(=O)[C@@H](Cn2cc(CCCCl)nn2)O1. The number of halogens is 1. The average Bonchev–Trinajstić information content (AvgIpc) is 2.96. The van der Waals surface area contributed by atoms with Crippen LogP contribution in [0.1, 0.15) is 31.9 Å². The molecule has 0 saturated carbocycles. The number of carbonyl (C=O) groups is 1. The summed E-state index contributed by atoms with van der Waals surface area (Å²) in [6, 6.07) is 0.